The first-order valence-electron chi connectivity index (χ1n) is 25.4. The quantitative estimate of drug-likeness (QED) is 0.0295. The summed E-state index contributed by atoms with van der Waals surface area (Å²) < 4.78 is 11.4. The molecular formula is C49H98N2O8. The summed E-state index contributed by atoms with van der Waals surface area (Å²) in [5, 5.41) is 55.1. The van der Waals surface area contributed by atoms with Gasteiger partial charge >= 0.3 is 0 Å². The topological polar surface area (TPSA) is 175 Å². The van der Waals surface area contributed by atoms with Crippen LogP contribution in [0.3, 0.4) is 0 Å². The van der Waals surface area contributed by atoms with Gasteiger partial charge in [0.2, 0.25) is 5.91 Å². The van der Waals surface area contributed by atoms with E-state index in [0.29, 0.717) is 12.8 Å². The molecule has 1 rings (SSSR count). The highest BCUT2D eigenvalue weighted by Gasteiger charge is 2.43. The summed E-state index contributed by atoms with van der Waals surface area (Å²) in [7, 11) is 0. The summed E-state index contributed by atoms with van der Waals surface area (Å²) >= 11 is 0. The van der Waals surface area contributed by atoms with Gasteiger partial charge in [0.1, 0.15) is 24.4 Å². The molecule has 0 aromatic heterocycles. The van der Waals surface area contributed by atoms with E-state index in [-0.39, 0.29) is 12.5 Å². The standard InChI is InChI=1S/C49H98N2O8/c1-3-5-7-9-11-13-15-17-18-19-20-21-22-23-24-25-26-28-30-32-34-36-38-44(54)51-41(40-58-49-45(50)48(57)47(56)43(39-52)59-49)46(55)42(53)37-35-33-31-29-27-16-14-12-10-8-6-4-2/h41-43,45-49,52-53,55-57H,3-40,50H2,1-2H3,(H,51,54)/t41-,42+,43+,45+,46-,47-,48+,49-/m0/s1. The molecule has 0 aromatic rings. The molecule has 0 saturated carbocycles. The van der Waals surface area contributed by atoms with Crippen LogP contribution >= 0.6 is 0 Å². The van der Waals surface area contributed by atoms with Crippen molar-refractivity contribution in [3.8, 4) is 0 Å². The minimum atomic E-state index is -1.38. The molecule has 10 heteroatoms. The molecule has 0 aliphatic carbocycles. The maximum Gasteiger partial charge on any atom is 0.220 e. The molecule has 352 valence electrons. The second-order valence-electron chi connectivity index (χ2n) is 18.2. The molecule has 8 N–H and O–H groups in total. The number of ether oxygens (including phenoxy) is 2. The second kappa shape index (κ2) is 40.0. The van der Waals surface area contributed by atoms with Crippen molar-refractivity contribution in [2.75, 3.05) is 13.2 Å². The van der Waals surface area contributed by atoms with Gasteiger partial charge in [0.05, 0.1) is 31.4 Å². The predicted molar refractivity (Wildman–Crippen MR) is 243 cm³/mol. The average Bonchev–Trinajstić information content (AvgIpc) is 3.23. The molecule has 1 saturated heterocycles. The molecular weight excluding hydrogens is 745 g/mol. The third kappa shape index (κ3) is 30.0. The number of hydrogen-bond acceptors (Lipinski definition) is 9. The number of aliphatic hydroxyl groups excluding tert-OH is 5. The summed E-state index contributed by atoms with van der Waals surface area (Å²) in [6, 6.07) is -2.03. The van der Waals surface area contributed by atoms with Crippen molar-refractivity contribution < 1.29 is 39.8 Å². The van der Waals surface area contributed by atoms with Crippen molar-refractivity contribution in [1.29, 1.82) is 0 Å². The van der Waals surface area contributed by atoms with E-state index in [1.807, 2.05) is 0 Å². The second-order valence-corrected chi connectivity index (χ2v) is 18.2. The van der Waals surface area contributed by atoms with E-state index in [2.05, 4.69) is 19.2 Å². The van der Waals surface area contributed by atoms with Gasteiger partial charge in [0, 0.05) is 6.42 Å². The number of hydrogen-bond donors (Lipinski definition) is 7. The normalized spacial score (nSPS) is 21.1. The highest BCUT2D eigenvalue weighted by molar-refractivity contribution is 5.76. The third-order valence-electron chi connectivity index (χ3n) is 12.6. The highest BCUT2D eigenvalue weighted by Crippen LogP contribution is 2.22. The van der Waals surface area contributed by atoms with Crippen molar-refractivity contribution in [3.05, 3.63) is 0 Å². The lowest BCUT2D eigenvalue weighted by Gasteiger charge is -2.41. The van der Waals surface area contributed by atoms with E-state index in [4.69, 9.17) is 15.2 Å². The monoisotopic (exact) mass is 843 g/mol. The van der Waals surface area contributed by atoms with Gasteiger partial charge in [0.15, 0.2) is 6.29 Å². The number of rotatable bonds is 43. The van der Waals surface area contributed by atoms with Crippen molar-refractivity contribution >= 4 is 5.91 Å². The number of nitrogens with two attached hydrogens (primary N) is 1. The first kappa shape index (κ1) is 56.2. The van der Waals surface area contributed by atoms with Crippen LogP contribution in [0.15, 0.2) is 0 Å². The molecule has 1 heterocycles. The molecule has 1 amide bonds. The summed E-state index contributed by atoms with van der Waals surface area (Å²) in [5.74, 6) is -0.221. The SMILES string of the molecule is CCCCCCCCCCCCCCCCCCCCCCCCC(=O)N[C@@H](CO[C@H]1O[C@H](CO)[C@H](O)[C@H](O)[C@H]1N)[C@H](O)[C@H](O)CCCCCCCCCCCCCC. The molecule has 0 unspecified atom stereocenters. The fourth-order valence-electron chi connectivity index (χ4n) is 8.48. The van der Waals surface area contributed by atoms with Crippen LogP contribution in [0.1, 0.15) is 245 Å². The van der Waals surface area contributed by atoms with E-state index >= 15 is 0 Å². The first-order valence-corrected chi connectivity index (χ1v) is 25.4. The highest BCUT2D eigenvalue weighted by atomic mass is 16.7. The predicted octanol–water partition coefficient (Wildman–Crippen LogP) is 10.1. The van der Waals surface area contributed by atoms with Gasteiger partial charge in [-0.3, -0.25) is 4.79 Å². The molecule has 0 bridgehead atoms. The molecule has 1 aliphatic heterocycles. The van der Waals surface area contributed by atoms with Crippen molar-refractivity contribution in [1.82, 2.24) is 5.32 Å². The fourth-order valence-corrected chi connectivity index (χ4v) is 8.48. The molecule has 1 aliphatic rings. The maximum atomic E-state index is 13.0. The minimum absolute atomic E-state index is 0.221. The third-order valence-corrected chi connectivity index (χ3v) is 12.6. The van der Waals surface area contributed by atoms with Crippen molar-refractivity contribution in [2.45, 2.75) is 294 Å². The lowest BCUT2D eigenvalue weighted by molar-refractivity contribution is -0.268. The zero-order valence-electron chi connectivity index (χ0n) is 38.5. The number of carbonyl (C=O) groups is 1. The Morgan fingerprint density at radius 2 is 0.932 bits per heavy atom. The van der Waals surface area contributed by atoms with Crippen LogP contribution in [0.5, 0.6) is 0 Å². The van der Waals surface area contributed by atoms with Crippen molar-refractivity contribution in [3.63, 3.8) is 0 Å². The van der Waals surface area contributed by atoms with Gasteiger partial charge in [-0.15, -0.1) is 0 Å². The maximum absolute atomic E-state index is 13.0. The summed E-state index contributed by atoms with van der Waals surface area (Å²) in [4.78, 5) is 13.0. The largest absolute Gasteiger partial charge is 0.394 e. The van der Waals surface area contributed by atoms with E-state index in [1.165, 1.54) is 180 Å². The van der Waals surface area contributed by atoms with E-state index in [0.717, 1.165) is 38.5 Å². The zero-order valence-corrected chi connectivity index (χ0v) is 38.5. The summed E-state index contributed by atoms with van der Waals surface area (Å²) in [5.41, 5.74) is 6.06. The van der Waals surface area contributed by atoms with E-state index in [1.54, 1.807) is 0 Å². The van der Waals surface area contributed by atoms with E-state index < -0.39 is 55.5 Å². The molecule has 10 nitrogen and oxygen atoms in total. The van der Waals surface area contributed by atoms with Crippen LogP contribution < -0.4 is 11.1 Å². The Balaban J connectivity index is 2.28. The Labute approximate surface area is 363 Å². The van der Waals surface area contributed by atoms with Crippen LogP contribution in [0.25, 0.3) is 0 Å². The average molecular weight is 843 g/mol. The van der Waals surface area contributed by atoms with Gasteiger partial charge in [-0.1, -0.05) is 226 Å². The summed E-state index contributed by atoms with van der Waals surface area (Å²) in [6.07, 6.45) is 36.6. The Morgan fingerprint density at radius 1 is 0.576 bits per heavy atom. The number of aliphatic hydroxyl groups is 5. The number of carbonyl (C=O) groups excluding carboxylic acids is 1. The van der Waals surface area contributed by atoms with Crippen LogP contribution in [-0.2, 0) is 14.3 Å². The Kier molecular flexibility index (Phi) is 38.0. The number of nitrogens with one attached hydrogen (secondary N) is 1. The van der Waals surface area contributed by atoms with Crippen LogP contribution in [0.2, 0.25) is 0 Å². The van der Waals surface area contributed by atoms with Crippen LogP contribution in [0.4, 0.5) is 0 Å². The van der Waals surface area contributed by atoms with Crippen molar-refractivity contribution in [2.24, 2.45) is 5.73 Å². The molecule has 0 aromatic carbocycles. The molecule has 0 radical (unpaired) electrons. The van der Waals surface area contributed by atoms with Gasteiger partial charge in [-0.2, -0.15) is 0 Å². The van der Waals surface area contributed by atoms with Gasteiger partial charge < -0.3 is 46.1 Å². The molecule has 0 spiro atoms. The molecule has 8 atom stereocenters. The Bertz CT molecular complexity index is 913. The minimum Gasteiger partial charge on any atom is -0.394 e. The smallest absolute Gasteiger partial charge is 0.220 e. The Morgan fingerprint density at radius 3 is 1.31 bits per heavy atom. The van der Waals surface area contributed by atoms with Gasteiger partial charge in [-0.05, 0) is 12.8 Å². The molecule has 1 fully saturated rings. The lowest BCUT2D eigenvalue weighted by Crippen LogP contribution is -2.63. The Hall–Kier alpha value is -0.850. The molecule has 59 heavy (non-hydrogen) atoms. The van der Waals surface area contributed by atoms with E-state index in [9.17, 15) is 30.3 Å². The first-order chi connectivity index (χ1) is 28.8. The van der Waals surface area contributed by atoms with Gasteiger partial charge in [0.25, 0.3) is 0 Å². The van der Waals surface area contributed by atoms with Crippen LogP contribution in [0, 0.1) is 0 Å². The lowest BCUT2D eigenvalue weighted by atomic mass is 9.97. The fraction of sp³-hybridized carbons (Fsp3) is 0.980. The van der Waals surface area contributed by atoms with Crippen LogP contribution in [-0.4, -0.2) is 93.5 Å². The number of amides is 1. The van der Waals surface area contributed by atoms with Gasteiger partial charge in [-0.25, -0.2) is 0 Å². The zero-order chi connectivity index (χ0) is 43.2. The number of unbranched alkanes of at least 4 members (excludes halogenated alkanes) is 32. The summed E-state index contributed by atoms with van der Waals surface area (Å²) in [6.45, 7) is 3.77.